The van der Waals surface area contributed by atoms with E-state index in [-0.39, 0.29) is 17.6 Å². The Balaban J connectivity index is 1.09. The molecule has 3 saturated heterocycles. The van der Waals surface area contributed by atoms with Crippen LogP contribution in [0.2, 0.25) is 0 Å². The third kappa shape index (κ3) is 7.73. The van der Waals surface area contributed by atoms with Crippen molar-refractivity contribution in [2.75, 3.05) is 52.4 Å². The zero-order valence-corrected chi connectivity index (χ0v) is 28.5. The maximum absolute atomic E-state index is 13.9. The van der Waals surface area contributed by atoms with E-state index in [1.54, 1.807) is 9.47 Å². The number of ether oxygens (including phenoxy) is 1. The SMILES string of the molecule is O=C(O[C@H](Cc1ccc(Br)c(Br)c1)C(=O)N1CCN(C2CCNCC2)CC1)N1CCC(n2cc(-c3ccccc3)[nH]c2=O)CC1. The van der Waals surface area contributed by atoms with Gasteiger partial charge in [0.25, 0.3) is 5.91 Å². The summed E-state index contributed by atoms with van der Waals surface area (Å²) >= 11 is 7.07. The van der Waals surface area contributed by atoms with Gasteiger partial charge in [-0.3, -0.25) is 14.3 Å². The molecule has 10 nitrogen and oxygen atoms in total. The molecule has 3 aromatic rings. The first-order valence-corrected chi connectivity index (χ1v) is 17.4. The van der Waals surface area contributed by atoms with Crippen LogP contribution in [0.25, 0.3) is 11.3 Å². The lowest BCUT2D eigenvalue weighted by atomic mass is 10.0. The standard InChI is InChI=1S/C33H40Br2N6O4/c34-27-7-6-23(20-28(27)35)21-30(31(42)39-18-16-38(17-19-39)25-8-12-36-13-9-25)45-33(44)40-14-10-26(11-15-40)41-22-29(37-32(41)43)24-4-2-1-3-5-24/h1-7,20,22,25-26,30,36H,8-19,21H2,(H,37,43)/t30-/m1/s1. The van der Waals surface area contributed by atoms with Crippen LogP contribution >= 0.6 is 31.9 Å². The van der Waals surface area contributed by atoms with E-state index in [4.69, 9.17) is 4.74 Å². The molecule has 0 radical (unpaired) electrons. The van der Waals surface area contributed by atoms with Crippen molar-refractivity contribution < 1.29 is 14.3 Å². The van der Waals surface area contributed by atoms with Crippen molar-refractivity contribution in [3.05, 3.63) is 79.7 Å². The molecule has 6 rings (SSSR count). The number of benzene rings is 2. The van der Waals surface area contributed by atoms with Crippen molar-refractivity contribution in [1.29, 1.82) is 0 Å². The number of hydrogen-bond acceptors (Lipinski definition) is 6. The molecule has 0 aliphatic carbocycles. The highest BCUT2D eigenvalue weighted by molar-refractivity contribution is 9.13. The van der Waals surface area contributed by atoms with E-state index in [0.29, 0.717) is 51.5 Å². The van der Waals surface area contributed by atoms with Gasteiger partial charge in [-0.15, -0.1) is 0 Å². The number of piperazine rings is 1. The van der Waals surface area contributed by atoms with Crippen LogP contribution < -0.4 is 11.0 Å². The molecule has 2 amide bonds. The van der Waals surface area contributed by atoms with Crippen LogP contribution in [0.4, 0.5) is 4.79 Å². The van der Waals surface area contributed by atoms with Gasteiger partial charge in [-0.25, -0.2) is 9.59 Å². The average Bonchev–Trinajstić information content (AvgIpc) is 3.48. The zero-order chi connectivity index (χ0) is 31.3. The maximum atomic E-state index is 13.9. The van der Waals surface area contributed by atoms with Crippen LogP contribution in [-0.4, -0.2) is 101 Å². The van der Waals surface area contributed by atoms with Crippen LogP contribution in [0.5, 0.6) is 0 Å². The Labute approximate surface area is 280 Å². The molecule has 0 bridgehead atoms. The number of H-pyrrole nitrogens is 1. The van der Waals surface area contributed by atoms with Crippen molar-refractivity contribution in [3.63, 3.8) is 0 Å². The summed E-state index contributed by atoms with van der Waals surface area (Å²) in [6, 6.07) is 16.1. The molecule has 1 atom stereocenters. The number of aromatic amines is 1. The summed E-state index contributed by atoms with van der Waals surface area (Å²) in [6.07, 6.45) is 4.27. The minimum atomic E-state index is -0.922. The number of carbonyl (C=O) groups is 2. The number of nitrogens with zero attached hydrogens (tertiary/aromatic N) is 4. The van der Waals surface area contributed by atoms with Gasteiger partial charge in [0.15, 0.2) is 6.10 Å². The minimum absolute atomic E-state index is 0.0240. The minimum Gasteiger partial charge on any atom is -0.436 e. The fourth-order valence-electron chi connectivity index (χ4n) is 6.71. The van der Waals surface area contributed by atoms with Gasteiger partial charge in [0.2, 0.25) is 0 Å². The number of likely N-dealkylation sites (tertiary alicyclic amines) is 1. The van der Waals surface area contributed by atoms with Crippen molar-refractivity contribution in [2.45, 2.75) is 50.3 Å². The first-order chi connectivity index (χ1) is 21.9. The second kappa shape index (κ2) is 14.7. The van der Waals surface area contributed by atoms with Gasteiger partial charge in [0.1, 0.15) is 0 Å². The number of hydrogen-bond donors (Lipinski definition) is 2. The molecule has 2 aromatic carbocycles. The number of carbonyl (C=O) groups excluding carboxylic acids is 2. The molecular formula is C33H40Br2N6O4. The molecule has 3 fully saturated rings. The van der Waals surface area contributed by atoms with Crippen molar-refractivity contribution >= 4 is 43.9 Å². The summed E-state index contributed by atoms with van der Waals surface area (Å²) < 4.78 is 9.56. The number of aromatic nitrogens is 2. The summed E-state index contributed by atoms with van der Waals surface area (Å²) in [5.41, 5.74) is 2.49. The Bertz CT molecular complexity index is 1520. The second-order valence-electron chi connectivity index (χ2n) is 12.1. The van der Waals surface area contributed by atoms with Crippen molar-refractivity contribution in [2.24, 2.45) is 0 Å². The lowest BCUT2D eigenvalue weighted by molar-refractivity contribution is -0.143. The largest absolute Gasteiger partial charge is 0.436 e. The Morgan fingerprint density at radius 2 is 1.56 bits per heavy atom. The molecule has 240 valence electrons. The van der Waals surface area contributed by atoms with E-state index >= 15 is 0 Å². The molecular weight excluding hydrogens is 704 g/mol. The molecule has 2 N–H and O–H groups in total. The molecule has 0 saturated carbocycles. The maximum Gasteiger partial charge on any atom is 0.410 e. The van der Waals surface area contributed by atoms with E-state index < -0.39 is 12.2 Å². The van der Waals surface area contributed by atoms with Gasteiger partial charge in [0, 0.05) is 72.9 Å². The number of nitrogens with one attached hydrogen (secondary N) is 2. The Morgan fingerprint density at radius 3 is 2.24 bits per heavy atom. The predicted octanol–water partition coefficient (Wildman–Crippen LogP) is 4.65. The van der Waals surface area contributed by atoms with Crippen LogP contribution in [0, 0.1) is 0 Å². The number of rotatable bonds is 7. The normalized spacial score (nSPS) is 19.4. The smallest absolute Gasteiger partial charge is 0.410 e. The Morgan fingerprint density at radius 1 is 0.844 bits per heavy atom. The summed E-state index contributed by atoms with van der Waals surface area (Å²) in [4.78, 5) is 49.1. The molecule has 4 heterocycles. The third-order valence-electron chi connectivity index (χ3n) is 9.32. The molecule has 3 aliphatic rings. The molecule has 3 aliphatic heterocycles. The number of amides is 2. The third-order valence-corrected chi connectivity index (χ3v) is 11.2. The van der Waals surface area contributed by atoms with Crippen LogP contribution in [0.1, 0.15) is 37.3 Å². The molecule has 0 spiro atoms. The van der Waals surface area contributed by atoms with Gasteiger partial charge in [-0.1, -0.05) is 36.4 Å². The van der Waals surface area contributed by atoms with Crippen LogP contribution in [0.3, 0.4) is 0 Å². The fourth-order valence-corrected chi connectivity index (χ4v) is 7.38. The highest BCUT2D eigenvalue weighted by Crippen LogP contribution is 2.27. The van der Waals surface area contributed by atoms with Crippen molar-refractivity contribution in [3.8, 4) is 11.3 Å². The second-order valence-corrected chi connectivity index (χ2v) is 13.8. The predicted molar refractivity (Wildman–Crippen MR) is 180 cm³/mol. The Hall–Kier alpha value is -2.93. The molecule has 12 heteroatoms. The number of halogens is 2. The van der Waals surface area contributed by atoms with Crippen LogP contribution in [0.15, 0.2) is 68.5 Å². The first kappa shape index (κ1) is 32.0. The molecule has 1 aromatic heterocycles. The molecule has 45 heavy (non-hydrogen) atoms. The van der Waals surface area contributed by atoms with Gasteiger partial charge < -0.3 is 24.8 Å². The van der Waals surface area contributed by atoms with Gasteiger partial charge >= 0.3 is 11.8 Å². The van der Waals surface area contributed by atoms with Gasteiger partial charge in [-0.05, 0) is 93.9 Å². The topological polar surface area (TPSA) is 103 Å². The lowest BCUT2D eigenvalue weighted by Crippen LogP contribution is -2.56. The Kier molecular flexibility index (Phi) is 10.4. The van der Waals surface area contributed by atoms with E-state index in [9.17, 15) is 14.4 Å². The first-order valence-electron chi connectivity index (χ1n) is 15.9. The van der Waals surface area contributed by atoms with Crippen molar-refractivity contribution in [1.82, 2.24) is 29.6 Å². The summed E-state index contributed by atoms with van der Waals surface area (Å²) in [7, 11) is 0. The quantitative estimate of drug-likeness (QED) is 0.366. The van der Waals surface area contributed by atoms with Gasteiger partial charge in [-0.2, -0.15) is 0 Å². The van der Waals surface area contributed by atoms with E-state index in [1.807, 2.05) is 59.6 Å². The van der Waals surface area contributed by atoms with E-state index in [1.165, 1.54) is 0 Å². The summed E-state index contributed by atoms with van der Waals surface area (Å²) in [5.74, 6) is -0.144. The monoisotopic (exact) mass is 742 g/mol. The summed E-state index contributed by atoms with van der Waals surface area (Å²) in [5, 5.41) is 3.43. The number of piperidine rings is 2. The fraction of sp³-hybridized carbons (Fsp3) is 0.485. The zero-order valence-electron chi connectivity index (χ0n) is 25.3. The number of imidazole rings is 1. The van der Waals surface area contributed by atoms with E-state index in [0.717, 1.165) is 64.8 Å². The van der Waals surface area contributed by atoms with Crippen LogP contribution in [-0.2, 0) is 16.0 Å². The summed E-state index contributed by atoms with van der Waals surface area (Å²) in [6.45, 7) is 5.89. The highest BCUT2D eigenvalue weighted by Gasteiger charge is 2.34. The average molecular weight is 745 g/mol. The van der Waals surface area contributed by atoms with Gasteiger partial charge in [0.05, 0.1) is 5.69 Å². The lowest BCUT2D eigenvalue weighted by Gasteiger charge is -2.41. The highest BCUT2D eigenvalue weighted by atomic mass is 79.9. The molecule has 0 unspecified atom stereocenters. The van der Waals surface area contributed by atoms with E-state index in [2.05, 4.69) is 47.1 Å².